The average molecular weight is 515 g/mol. The molecule has 0 radical (unpaired) electrons. The zero-order valence-corrected chi connectivity index (χ0v) is 20.6. The lowest BCUT2D eigenvalue weighted by molar-refractivity contribution is -0.384. The van der Waals surface area contributed by atoms with Crippen LogP contribution in [0.1, 0.15) is 22.3 Å². The zero-order valence-electron chi connectivity index (χ0n) is 18.2. The highest BCUT2D eigenvalue weighted by Crippen LogP contribution is 2.40. The van der Waals surface area contributed by atoms with Gasteiger partial charge >= 0.3 is 0 Å². The second-order valence-electron chi connectivity index (χ2n) is 7.82. The number of amides is 1. The highest BCUT2D eigenvalue weighted by molar-refractivity contribution is 8.04. The SMILES string of the molecule is Cc1cccc(C)c1CS(=O)(=O)c1ccc2c(c1)NC(=O)C(=Cc1ccc(Cl)c([N+](=O)[O-])c1)S2. The summed E-state index contributed by atoms with van der Waals surface area (Å²) in [5, 5.41) is 13.9. The van der Waals surface area contributed by atoms with Crippen LogP contribution in [-0.2, 0) is 20.4 Å². The number of nitro groups is 1. The third-order valence-corrected chi connectivity index (χ3v) is 8.51. The van der Waals surface area contributed by atoms with Gasteiger partial charge in [0.05, 0.1) is 26.2 Å². The van der Waals surface area contributed by atoms with Gasteiger partial charge in [-0.25, -0.2) is 8.42 Å². The molecular weight excluding hydrogens is 496 g/mol. The highest BCUT2D eigenvalue weighted by atomic mass is 35.5. The molecule has 10 heteroatoms. The predicted octanol–water partition coefficient (Wildman–Crippen LogP) is 5.92. The van der Waals surface area contributed by atoms with E-state index in [1.54, 1.807) is 12.1 Å². The Morgan fingerprint density at radius 2 is 1.79 bits per heavy atom. The Labute approximate surface area is 205 Å². The summed E-state index contributed by atoms with van der Waals surface area (Å²) >= 11 is 7.01. The molecule has 0 saturated carbocycles. The van der Waals surface area contributed by atoms with Crippen LogP contribution in [0.3, 0.4) is 0 Å². The number of nitro benzene ring substituents is 1. The van der Waals surface area contributed by atoms with Gasteiger partial charge in [-0.3, -0.25) is 14.9 Å². The number of anilines is 1. The lowest BCUT2D eigenvalue weighted by Gasteiger charge is -2.20. The minimum absolute atomic E-state index is 0.00729. The molecule has 4 rings (SSSR count). The summed E-state index contributed by atoms with van der Waals surface area (Å²) in [6, 6.07) is 14.6. The van der Waals surface area contributed by atoms with Crippen LogP contribution in [0.2, 0.25) is 5.02 Å². The molecular formula is C24H19ClN2O5S2. The van der Waals surface area contributed by atoms with Crippen LogP contribution in [-0.4, -0.2) is 19.2 Å². The fourth-order valence-electron chi connectivity index (χ4n) is 3.59. The first-order chi connectivity index (χ1) is 16.0. The molecule has 1 amide bonds. The number of benzene rings is 3. The third-order valence-electron chi connectivity index (χ3n) is 5.45. The summed E-state index contributed by atoms with van der Waals surface area (Å²) in [4.78, 5) is 24.3. The summed E-state index contributed by atoms with van der Waals surface area (Å²) in [6.07, 6.45) is 1.53. The number of carbonyl (C=O) groups is 1. The topological polar surface area (TPSA) is 106 Å². The van der Waals surface area contributed by atoms with Crippen molar-refractivity contribution in [1.29, 1.82) is 0 Å². The maximum absolute atomic E-state index is 13.1. The van der Waals surface area contributed by atoms with E-state index in [-0.39, 0.29) is 21.4 Å². The molecule has 1 heterocycles. The summed E-state index contributed by atoms with van der Waals surface area (Å²) in [7, 11) is -3.64. The predicted molar refractivity (Wildman–Crippen MR) is 134 cm³/mol. The van der Waals surface area contributed by atoms with Crippen molar-refractivity contribution in [2.45, 2.75) is 29.4 Å². The molecule has 0 spiro atoms. The van der Waals surface area contributed by atoms with E-state index in [0.717, 1.165) is 28.5 Å². The monoisotopic (exact) mass is 514 g/mol. The number of nitrogens with one attached hydrogen (secondary N) is 1. The van der Waals surface area contributed by atoms with Crippen LogP contribution in [0.4, 0.5) is 11.4 Å². The van der Waals surface area contributed by atoms with Crippen LogP contribution in [0.15, 0.2) is 69.3 Å². The first-order valence-corrected chi connectivity index (χ1v) is 13.0. The molecule has 0 saturated heterocycles. The van der Waals surface area contributed by atoms with E-state index in [0.29, 0.717) is 21.1 Å². The Morgan fingerprint density at radius 1 is 1.09 bits per heavy atom. The van der Waals surface area contributed by atoms with Crippen molar-refractivity contribution < 1.29 is 18.1 Å². The maximum atomic E-state index is 13.1. The van der Waals surface area contributed by atoms with Crippen molar-refractivity contribution in [3.63, 3.8) is 0 Å². The molecule has 0 unspecified atom stereocenters. The van der Waals surface area contributed by atoms with Crippen molar-refractivity contribution in [3.8, 4) is 0 Å². The Balaban J connectivity index is 1.62. The third kappa shape index (κ3) is 4.86. The van der Waals surface area contributed by atoms with Crippen LogP contribution >= 0.6 is 23.4 Å². The lowest BCUT2D eigenvalue weighted by atomic mass is 10.1. The van der Waals surface area contributed by atoms with E-state index in [1.165, 1.54) is 30.3 Å². The van der Waals surface area contributed by atoms with E-state index in [1.807, 2.05) is 32.0 Å². The van der Waals surface area contributed by atoms with Gasteiger partial charge in [-0.1, -0.05) is 47.6 Å². The van der Waals surface area contributed by atoms with E-state index in [4.69, 9.17) is 11.6 Å². The van der Waals surface area contributed by atoms with Gasteiger partial charge in [-0.05, 0) is 66.4 Å². The summed E-state index contributed by atoms with van der Waals surface area (Å²) in [5.74, 6) is -0.564. The van der Waals surface area contributed by atoms with Gasteiger partial charge in [0.15, 0.2) is 9.84 Å². The number of aryl methyl sites for hydroxylation is 2. The molecule has 0 atom stereocenters. The molecule has 3 aromatic rings. The van der Waals surface area contributed by atoms with E-state index in [9.17, 15) is 23.3 Å². The van der Waals surface area contributed by atoms with Gasteiger partial charge in [0.25, 0.3) is 11.6 Å². The van der Waals surface area contributed by atoms with E-state index < -0.39 is 20.7 Å². The smallest absolute Gasteiger partial charge is 0.288 e. The molecule has 3 aromatic carbocycles. The molecule has 0 bridgehead atoms. The minimum Gasteiger partial charge on any atom is -0.320 e. The van der Waals surface area contributed by atoms with Crippen LogP contribution in [0.5, 0.6) is 0 Å². The first kappa shape index (κ1) is 24.0. The highest BCUT2D eigenvalue weighted by Gasteiger charge is 2.25. The van der Waals surface area contributed by atoms with Crippen LogP contribution < -0.4 is 5.32 Å². The molecule has 0 aromatic heterocycles. The summed E-state index contributed by atoms with van der Waals surface area (Å²) in [5.41, 5.74) is 3.17. The van der Waals surface area contributed by atoms with Gasteiger partial charge in [0.2, 0.25) is 0 Å². The number of carbonyl (C=O) groups excluding carboxylic acids is 1. The van der Waals surface area contributed by atoms with Crippen LogP contribution in [0.25, 0.3) is 6.08 Å². The second kappa shape index (κ2) is 9.25. The normalized spacial score (nSPS) is 14.6. The van der Waals surface area contributed by atoms with Gasteiger partial charge in [0.1, 0.15) is 5.02 Å². The number of nitrogens with zero attached hydrogens (tertiary/aromatic N) is 1. The second-order valence-corrected chi connectivity index (χ2v) is 11.3. The Kier molecular flexibility index (Phi) is 6.53. The molecule has 1 aliphatic heterocycles. The van der Waals surface area contributed by atoms with Crippen molar-refractivity contribution in [1.82, 2.24) is 0 Å². The first-order valence-electron chi connectivity index (χ1n) is 10.1. The molecule has 0 aliphatic carbocycles. The molecule has 174 valence electrons. The number of fused-ring (bicyclic) bond motifs is 1. The van der Waals surface area contributed by atoms with Crippen LogP contribution in [0, 0.1) is 24.0 Å². The Hall–Kier alpha value is -3.14. The number of thioether (sulfide) groups is 1. The molecule has 7 nitrogen and oxygen atoms in total. The fraction of sp³-hybridized carbons (Fsp3) is 0.125. The summed E-state index contributed by atoms with van der Waals surface area (Å²) < 4.78 is 26.2. The lowest BCUT2D eigenvalue weighted by Crippen LogP contribution is -2.18. The molecule has 1 aliphatic rings. The van der Waals surface area contributed by atoms with E-state index >= 15 is 0 Å². The number of hydrogen-bond acceptors (Lipinski definition) is 6. The standard InChI is InChI=1S/C24H19ClN2O5S2/c1-14-4-3-5-15(2)18(14)13-34(31,32)17-7-9-22-20(12-17)26-24(28)23(33-22)11-16-6-8-19(25)21(10-16)27(29)30/h3-12H,13H2,1-2H3,(H,26,28). The number of halogens is 1. The number of sulfone groups is 1. The Morgan fingerprint density at radius 3 is 2.47 bits per heavy atom. The average Bonchev–Trinajstić information content (AvgIpc) is 2.77. The largest absolute Gasteiger partial charge is 0.320 e. The molecule has 34 heavy (non-hydrogen) atoms. The van der Waals surface area contributed by atoms with Crippen molar-refractivity contribution in [3.05, 3.63) is 96.9 Å². The Bertz CT molecular complexity index is 1460. The maximum Gasteiger partial charge on any atom is 0.288 e. The molecule has 0 fully saturated rings. The van der Waals surface area contributed by atoms with Crippen molar-refractivity contribution >= 4 is 56.6 Å². The van der Waals surface area contributed by atoms with Crippen molar-refractivity contribution in [2.75, 3.05) is 5.32 Å². The van der Waals surface area contributed by atoms with Gasteiger partial charge in [-0.2, -0.15) is 0 Å². The van der Waals surface area contributed by atoms with Gasteiger partial charge < -0.3 is 5.32 Å². The van der Waals surface area contributed by atoms with Crippen molar-refractivity contribution in [2.24, 2.45) is 0 Å². The zero-order chi connectivity index (χ0) is 24.6. The van der Waals surface area contributed by atoms with Gasteiger partial charge in [-0.15, -0.1) is 0 Å². The quantitative estimate of drug-likeness (QED) is 0.257. The number of rotatable bonds is 5. The number of hydrogen-bond donors (Lipinski definition) is 1. The summed E-state index contributed by atoms with van der Waals surface area (Å²) in [6.45, 7) is 3.76. The van der Waals surface area contributed by atoms with E-state index in [2.05, 4.69) is 5.32 Å². The van der Waals surface area contributed by atoms with Gasteiger partial charge in [0, 0.05) is 11.0 Å². The molecule has 1 N–H and O–H groups in total. The fourth-order valence-corrected chi connectivity index (χ4v) is 6.29. The minimum atomic E-state index is -3.64.